The SMILES string of the molecule is CNc1c(N(C)[B]c2c(C)cccc2C)ccc2ccc3c4cc[c-]c(-c5cc(CC(C)(C)C)c(C)cn5)c4oc3c12.Cc1c[c-]c(-c2ccc(CC(C)(C)C)cn2)cc1-c1ccccc1.[Ir]. The summed E-state index contributed by atoms with van der Waals surface area (Å²) in [7, 11) is 6.31. The van der Waals surface area contributed by atoms with Crippen LogP contribution in [0.1, 0.15) is 74.9 Å². The molecule has 0 amide bonds. The van der Waals surface area contributed by atoms with Crippen molar-refractivity contribution in [2.24, 2.45) is 10.8 Å². The first-order valence-corrected chi connectivity index (χ1v) is 23.1. The summed E-state index contributed by atoms with van der Waals surface area (Å²) < 4.78 is 6.82. The van der Waals surface area contributed by atoms with E-state index in [0.29, 0.717) is 0 Å². The molecule has 0 bridgehead atoms. The number of aromatic nitrogens is 2. The Balaban J connectivity index is 0.000000227. The number of hydrogen-bond donors (Lipinski definition) is 1. The van der Waals surface area contributed by atoms with Crippen LogP contribution in [0.4, 0.5) is 11.4 Å². The Morgan fingerprint density at radius 1 is 0.672 bits per heavy atom. The quantitative estimate of drug-likeness (QED) is 0.115. The molecule has 3 heterocycles. The number of benzene rings is 6. The monoisotopic (exact) mass is 1060 g/mol. The first-order valence-electron chi connectivity index (χ1n) is 23.1. The van der Waals surface area contributed by atoms with E-state index >= 15 is 0 Å². The van der Waals surface area contributed by atoms with Gasteiger partial charge in [-0.1, -0.05) is 172 Å². The van der Waals surface area contributed by atoms with Crippen molar-refractivity contribution >= 4 is 57.0 Å². The van der Waals surface area contributed by atoms with Gasteiger partial charge in [-0.25, -0.2) is 0 Å². The molecule has 0 aliphatic rings. The molecule has 0 saturated carbocycles. The largest absolute Gasteiger partial charge is 0.500 e. The molecule has 1 N–H and O–H groups in total. The maximum Gasteiger partial charge on any atom is 0.285 e. The number of furan rings is 1. The van der Waals surface area contributed by atoms with Crippen LogP contribution in [0.15, 0.2) is 132 Å². The van der Waals surface area contributed by atoms with Crippen LogP contribution in [0.3, 0.4) is 0 Å². The van der Waals surface area contributed by atoms with Crippen LogP contribution in [-0.4, -0.2) is 31.5 Å². The van der Waals surface area contributed by atoms with Crippen LogP contribution < -0.4 is 15.6 Å². The summed E-state index contributed by atoms with van der Waals surface area (Å²) in [4.78, 5) is 11.7. The van der Waals surface area contributed by atoms with Gasteiger partial charge in [-0.3, -0.25) is 0 Å². The number of nitrogens with zero attached hydrogens (tertiary/aromatic N) is 3. The van der Waals surface area contributed by atoms with Crippen molar-refractivity contribution in [1.29, 1.82) is 0 Å². The molecule has 0 unspecified atom stereocenters. The molecule has 7 heteroatoms. The fraction of sp³-hybridized carbons (Fsp3) is 0.267. The number of nitrogens with one attached hydrogen (secondary N) is 1. The van der Waals surface area contributed by atoms with E-state index in [-0.39, 0.29) is 30.9 Å². The summed E-state index contributed by atoms with van der Waals surface area (Å²) in [5, 5.41) is 7.87. The predicted octanol–water partition coefficient (Wildman–Crippen LogP) is 14.6. The van der Waals surface area contributed by atoms with Crippen molar-refractivity contribution in [1.82, 2.24) is 9.97 Å². The summed E-state index contributed by atoms with van der Waals surface area (Å²) in [5.74, 6) is 0. The first kappa shape index (κ1) is 48.9. The predicted molar refractivity (Wildman–Crippen MR) is 282 cm³/mol. The molecule has 0 aliphatic heterocycles. The standard InChI is InChI=1S/C37H38BN3O.C23H24N.Ir/c1-22-11-9-12-23(2)33(22)38-41(8)31-18-16-25-15-17-28-27-13-10-14-29(35(27)42-36(28)32(25)34(31)39-7)30-19-26(20-37(4,5)6)24(3)21-40-30;1-17-10-12-20(14-21(17)19-8-6-5-7-9-19)22-13-11-18(16-24-22)15-23(2,3)4;/h9-13,15-19,21,39H,20H2,1-8H3;5-11,13-14,16H,15H2,1-4H3;/q2*-1;. The van der Waals surface area contributed by atoms with Gasteiger partial charge in [-0.05, 0) is 91.0 Å². The van der Waals surface area contributed by atoms with E-state index in [0.717, 1.165) is 79.4 Å². The molecule has 5 nitrogen and oxygen atoms in total. The topological polar surface area (TPSA) is 54.2 Å². The number of aryl methyl sites for hydroxylation is 4. The maximum atomic E-state index is 6.82. The first-order chi connectivity index (χ1) is 31.5. The zero-order valence-corrected chi connectivity index (χ0v) is 43.6. The number of hydrogen-bond acceptors (Lipinski definition) is 5. The fourth-order valence-corrected chi connectivity index (χ4v) is 9.03. The number of fused-ring (bicyclic) bond motifs is 5. The Morgan fingerprint density at radius 2 is 1.36 bits per heavy atom. The van der Waals surface area contributed by atoms with Gasteiger partial charge in [-0.2, -0.15) is 0 Å². The van der Waals surface area contributed by atoms with Crippen molar-refractivity contribution < 1.29 is 24.5 Å². The minimum Gasteiger partial charge on any atom is -0.500 e. The van der Waals surface area contributed by atoms with Crippen LogP contribution in [0, 0.1) is 50.7 Å². The third-order valence-electron chi connectivity index (χ3n) is 12.3. The molecule has 9 aromatic rings. The summed E-state index contributed by atoms with van der Waals surface area (Å²) in [5.41, 5.74) is 19.3. The second-order valence-corrected chi connectivity index (χ2v) is 20.3. The van der Waals surface area contributed by atoms with Crippen molar-refractivity contribution in [3.05, 3.63) is 173 Å². The van der Waals surface area contributed by atoms with E-state index in [9.17, 15) is 0 Å². The molecule has 0 spiro atoms. The zero-order chi connectivity index (χ0) is 46.9. The third-order valence-corrected chi connectivity index (χ3v) is 12.3. The Bertz CT molecular complexity index is 3160. The fourth-order valence-electron chi connectivity index (χ4n) is 9.03. The van der Waals surface area contributed by atoms with E-state index in [4.69, 9.17) is 9.40 Å². The molecule has 2 radical (unpaired) electrons. The molecule has 6 aromatic carbocycles. The van der Waals surface area contributed by atoms with Gasteiger partial charge in [0.25, 0.3) is 7.41 Å². The molecular formula is C60H62BIrN4O-2. The average molecular weight is 1060 g/mol. The molecular weight excluding hydrogens is 996 g/mol. The summed E-state index contributed by atoms with van der Waals surface area (Å²) in [6, 6.07) is 47.3. The van der Waals surface area contributed by atoms with Gasteiger partial charge in [-0.15, -0.1) is 47.5 Å². The average Bonchev–Trinajstić information content (AvgIpc) is 3.67. The molecule has 0 aliphatic carbocycles. The van der Waals surface area contributed by atoms with Crippen molar-refractivity contribution in [2.45, 2.75) is 82.1 Å². The Morgan fingerprint density at radius 3 is 2.03 bits per heavy atom. The van der Waals surface area contributed by atoms with Gasteiger partial charge in [0.2, 0.25) is 0 Å². The Kier molecular flexibility index (Phi) is 14.7. The Hall–Kier alpha value is -6.01. The minimum atomic E-state index is 0. The van der Waals surface area contributed by atoms with Gasteiger partial charge in [0.15, 0.2) is 0 Å². The van der Waals surface area contributed by atoms with Crippen molar-refractivity contribution in [2.75, 3.05) is 24.2 Å². The number of pyridine rings is 2. The molecule has 0 atom stereocenters. The second kappa shape index (κ2) is 20.1. The molecule has 67 heavy (non-hydrogen) atoms. The normalized spacial score (nSPS) is 11.6. The van der Waals surface area contributed by atoms with Gasteiger partial charge >= 0.3 is 0 Å². The second-order valence-electron chi connectivity index (χ2n) is 20.3. The van der Waals surface area contributed by atoms with Gasteiger partial charge in [0.05, 0.1) is 11.3 Å². The number of anilines is 2. The van der Waals surface area contributed by atoms with Gasteiger partial charge in [0, 0.05) is 56.0 Å². The van der Waals surface area contributed by atoms with E-state index in [1.54, 1.807) is 0 Å². The van der Waals surface area contributed by atoms with Gasteiger partial charge < -0.3 is 24.5 Å². The van der Waals surface area contributed by atoms with Crippen LogP contribution >= 0.6 is 0 Å². The van der Waals surface area contributed by atoms with Crippen LogP contribution in [0.25, 0.3) is 66.4 Å². The van der Waals surface area contributed by atoms with E-state index in [1.807, 2.05) is 31.6 Å². The van der Waals surface area contributed by atoms with Crippen molar-refractivity contribution in [3.63, 3.8) is 0 Å². The molecule has 9 rings (SSSR count). The summed E-state index contributed by atoms with van der Waals surface area (Å²) in [6.45, 7) is 22.2. The zero-order valence-electron chi connectivity index (χ0n) is 41.2. The summed E-state index contributed by atoms with van der Waals surface area (Å²) in [6.07, 6.45) is 5.99. The third kappa shape index (κ3) is 10.9. The number of rotatable bonds is 9. The smallest absolute Gasteiger partial charge is 0.285 e. The summed E-state index contributed by atoms with van der Waals surface area (Å²) >= 11 is 0. The van der Waals surface area contributed by atoms with Crippen LogP contribution in [0.2, 0.25) is 0 Å². The molecule has 3 aromatic heterocycles. The minimum absolute atomic E-state index is 0. The van der Waals surface area contributed by atoms with Crippen LogP contribution in [0.5, 0.6) is 0 Å². The Labute approximate surface area is 413 Å². The molecule has 0 fully saturated rings. The van der Waals surface area contributed by atoms with Crippen LogP contribution in [-0.2, 0) is 32.9 Å². The molecule has 0 saturated heterocycles. The molecule has 342 valence electrons. The van der Waals surface area contributed by atoms with E-state index < -0.39 is 0 Å². The van der Waals surface area contributed by atoms with E-state index in [2.05, 4.69) is 214 Å². The maximum absolute atomic E-state index is 6.82. The van der Waals surface area contributed by atoms with Gasteiger partial charge in [0.1, 0.15) is 5.58 Å². The van der Waals surface area contributed by atoms with E-state index in [1.165, 1.54) is 50.0 Å². The van der Waals surface area contributed by atoms with Crippen molar-refractivity contribution in [3.8, 4) is 33.6 Å².